The predicted octanol–water partition coefficient (Wildman–Crippen LogP) is 2.64. The van der Waals surface area contributed by atoms with Crippen molar-refractivity contribution in [2.24, 2.45) is 0 Å². The summed E-state index contributed by atoms with van der Waals surface area (Å²) < 4.78 is 27.4. The van der Waals surface area contributed by atoms with Crippen molar-refractivity contribution in [2.45, 2.75) is 13.5 Å². The summed E-state index contributed by atoms with van der Waals surface area (Å²) in [5.74, 6) is 0.0203. The minimum absolute atomic E-state index is 0.0203. The number of ether oxygens (including phenoxy) is 1. The summed E-state index contributed by atoms with van der Waals surface area (Å²) in [5, 5.41) is 0.289. The van der Waals surface area contributed by atoms with Crippen LogP contribution in [0.25, 0.3) is 0 Å². The molecule has 0 aromatic carbocycles. The highest BCUT2D eigenvalue weighted by Gasteiger charge is 2.05. The largest absolute Gasteiger partial charge is 0.433 e. The van der Waals surface area contributed by atoms with Crippen LogP contribution in [0.15, 0.2) is 12.3 Å². The molecule has 2 nitrogen and oxygen atoms in total. The number of halogens is 3. The predicted molar refractivity (Wildman–Crippen MR) is 40.6 cm³/mol. The molecule has 0 atom stereocenters. The van der Waals surface area contributed by atoms with Gasteiger partial charge in [-0.15, -0.1) is 0 Å². The number of rotatable bonds is 2. The first kappa shape index (κ1) is 9.19. The van der Waals surface area contributed by atoms with Gasteiger partial charge < -0.3 is 4.74 Å². The van der Waals surface area contributed by atoms with E-state index in [1.54, 1.807) is 6.92 Å². The molecule has 0 unspecified atom stereocenters. The van der Waals surface area contributed by atoms with Gasteiger partial charge in [0.25, 0.3) is 0 Å². The van der Waals surface area contributed by atoms with E-state index in [2.05, 4.69) is 9.72 Å². The smallest absolute Gasteiger partial charge is 0.387 e. The fourth-order valence-electron chi connectivity index (χ4n) is 0.700. The second-order valence-corrected chi connectivity index (χ2v) is 2.52. The van der Waals surface area contributed by atoms with Crippen molar-refractivity contribution >= 4 is 11.6 Å². The Morgan fingerprint density at radius 1 is 1.58 bits per heavy atom. The Bertz CT molecular complexity index is 280. The third-order valence-corrected chi connectivity index (χ3v) is 1.61. The molecule has 0 bridgehead atoms. The van der Waals surface area contributed by atoms with E-state index in [9.17, 15) is 8.78 Å². The standard InChI is InChI=1S/C7H6ClF2NO/c1-4-2-5(12-7(9)10)3-11-6(4)8/h2-3,7H,1H3. The average molecular weight is 194 g/mol. The molecule has 66 valence electrons. The third-order valence-electron chi connectivity index (χ3n) is 1.21. The molecule has 12 heavy (non-hydrogen) atoms. The molecule has 0 aliphatic carbocycles. The van der Waals surface area contributed by atoms with E-state index in [4.69, 9.17) is 11.6 Å². The first-order valence-corrected chi connectivity index (χ1v) is 3.54. The summed E-state index contributed by atoms with van der Waals surface area (Å²) in [6.45, 7) is -1.17. The Hall–Kier alpha value is -0.900. The fraction of sp³-hybridized carbons (Fsp3) is 0.286. The highest BCUT2D eigenvalue weighted by Crippen LogP contribution is 2.19. The molecular formula is C7H6ClF2NO. The minimum Gasteiger partial charge on any atom is -0.433 e. The Morgan fingerprint density at radius 3 is 2.75 bits per heavy atom. The van der Waals surface area contributed by atoms with E-state index >= 15 is 0 Å². The number of hydrogen-bond acceptors (Lipinski definition) is 2. The first-order chi connectivity index (χ1) is 5.59. The van der Waals surface area contributed by atoms with Gasteiger partial charge in [-0.3, -0.25) is 0 Å². The summed E-state index contributed by atoms with van der Waals surface area (Å²) in [4.78, 5) is 3.64. The van der Waals surface area contributed by atoms with Gasteiger partial charge in [0.15, 0.2) is 0 Å². The first-order valence-electron chi connectivity index (χ1n) is 3.16. The topological polar surface area (TPSA) is 22.1 Å². The molecule has 0 aliphatic heterocycles. The maximum absolute atomic E-state index is 11.7. The van der Waals surface area contributed by atoms with Gasteiger partial charge in [-0.2, -0.15) is 8.78 Å². The van der Waals surface area contributed by atoms with E-state index in [1.165, 1.54) is 6.07 Å². The zero-order valence-electron chi connectivity index (χ0n) is 6.22. The molecule has 0 spiro atoms. The Labute approximate surface area is 73.1 Å². The molecule has 0 N–H and O–H groups in total. The van der Waals surface area contributed by atoms with Crippen molar-refractivity contribution in [1.29, 1.82) is 0 Å². The SMILES string of the molecule is Cc1cc(OC(F)F)cnc1Cl. The molecule has 0 fully saturated rings. The maximum atomic E-state index is 11.7. The van der Waals surface area contributed by atoms with Gasteiger partial charge in [0, 0.05) is 0 Å². The van der Waals surface area contributed by atoms with Crippen LogP contribution in [-0.4, -0.2) is 11.6 Å². The summed E-state index contributed by atoms with van der Waals surface area (Å²) in [6, 6.07) is 1.40. The van der Waals surface area contributed by atoms with Crippen molar-refractivity contribution in [1.82, 2.24) is 4.98 Å². The lowest BCUT2D eigenvalue weighted by atomic mass is 10.3. The van der Waals surface area contributed by atoms with E-state index in [1.807, 2.05) is 0 Å². The van der Waals surface area contributed by atoms with Gasteiger partial charge in [-0.25, -0.2) is 4.98 Å². The highest BCUT2D eigenvalue weighted by molar-refractivity contribution is 6.30. The van der Waals surface area contributed by atoms with Crippen LogP contribution in [-0.2, 0) is 0 Å². The molecular weight excluding hydrogens is 188 g/mol. The van der Waals surface area contributed by atoms with Crippen molar-refractivity contribution in [3.05, 3.63) is 23.0 Å². The lowest BCUT2D eigenvalue weighted by molar-refractivity contribution is -0.0500. The van der Waals surface area contributed by atoms with Gasteiger partial charge in [0.1, 0.15) is 10.9 Å². The minimum atomic E-state index is -2.83. The number of alkyl halides is 2. The third kappa shape index (κ3) is 2.30. The van der Waals surface area contributed by atoms with Crippen molar-refractivity contribution < 1.29 is 13.5 Å². The van der Waals surface area contributed by atoms with Gasteiger partial charge in [0.05, 0.1) is 6.20 Å². The number of aryl methyl sites for hydroxylation is 1. The van der Waals surface area contributed by atoms with Gasteiger partial charge in [-0.1, -0.05) is 11.6 Å². The number of nitrogens with zero attached hydrogens (tertiary/aromatic N) is 1. The monoisotopic (exact) mass is 193 g/mol. The van der Waals surface area contributed by atoms with Gasteiger partial charge >= 0.3 is 6.61 Å². The molecule has 1 aromatic heterocycles. The molecule has 0 saturated carbocycles. The van der Waals surface area contributed by atoms with E-state index in [0.29, 0.717) is 5.56 Å². The zero-order valence-corrected chi connectivity index (χ0v) is 6.98. The molecule has 0 amide bonds. The van der Waals surface area contributed by atoms with Crippen LogP contribution >= 0.6 is 11.6 Å². The van der Waals surface area contributed by atoms with E-state index in [0.717, 1.165) is 6.20 Å². The number of aromatic nitrogens is 1. The van der Waals surface area contributed by atoms with Crippen LogP contribution in [0.2, 0.25) is 5.15 Å². The molecule has 1 aromatic rings. The molecule has 0 aliphatic rings. The summed E-state index contributed by atoms with van der Waals surface area (Å²) in [5.41, 5.74) is 0.606. The van der Waals surface area contributed by atoms with Crippen molar-refractivity contribution in [3.63, 3.8) is 0 Å². The zero-order chi connectivity index (χ0) is 9.14. The molecule has 1 rings (SSSR count). The van der Waals surface area contributed by atoms with Crippen molar-refractivity contribution in [3.8, 4) is 5.75 Å². The quantitative estimate of drug-likeness (QED) is 0.674. The van der Waals surface area contributed by atoms with Crippen LogP contribution in [0.1, 0.15) is 5.56 Å². The van der Waals surface area contributed by atoms with Crippen LogP contribution in [0.4, 0.5) is 8.78 Å². The van der Waals surface area contributed by atoms with E-state index in [-0.39, 0.29) is 10.9 Å². The lowest BCUT2D eigenvalue weighted by Crippen LogP contribution is -2.02. The molecule has 5 heteroatoms. The Morgan fingerprint density at radius 2 is 2.25 bits per heavy atom. The summed E-state index contributed by atoms with van der Waals surface area (Å²) in [7, 11) is 0. The average Bonchev–Trinajstić information content (AvgIpc) is 1.96. The second-order valence-electron chi connectivity index (χ2n) is 2.16. The molecule has 0 radical (unpaired) electrons. The normalized spacial score (nSPS) is 10.4. The van der Waals surface area contributed by atoms with E-state index < -0.39 is 6.61 Å². The Balaban J connectivity index is 2.82. The second kappa shape index (κ2) is 3.67. The Kier molecular flexibility index (Phi) is 2.81. The summed E-state index contributed by atoms with van der Waals surface area (Å²) in [6.07, 6.45) is 1.15. The van der Waals surface area contributed by atoms with Crippen LogP contribution < -0.4 is 4.74 Å². The number of pyridine rings is 1. The van der Waals surface area contributed by atoms with Gasteiger partial charge in [0.2, 0.25) is 0 Å². The summed E-state index contributed by atoms with van der Waals surface area (Å²) >= 11 is 5.56. The van der Waals surface area contributed by atoms with Crippen LogP contribution in [0.5, 0.6) is 5.75 Å². The van der Waals surface area contributed by atoms with Gasteiger partial charge in [-0.05, 0) is 18.6 Å². The molecule has 1 heterocycles. The maximum Gasteiger partial charge on any atom is 0.387 e. The number of hydrogen-bond donors (Lipinski definition) is 0. The lowest BCUT2D eigenvalue weighted by Gasteiger charge is -2.04. The molecule has 0 saturated heterocycles. The van der Waals surface area contributed by atoms with Crippen molar-refractivity contribution in [2.75, 3.05) is 0 Å². The highest BCUT2D eigenvalue weighted by atomic mass is 35.5. The van der Waals surface area contributed by atoms with Crippen LogP contribution in [0, 0.1) is 6.92 Å². The van der Waals surface area contributed by atoms with Crippen LogP contribution in [0.3, 0.4) is 0 Å². The fourth-order valence-corrected chi connectivity index (χ4v) is 0.803.